The van der Waals surface area contributed by atoms with Crippen LogP contribution in [0.1, 0.15) is 30.4 Å². The Balaban J connectivity index is 1.41. The van der Waals surface area contributed by atoms with Gasteiger partial charge in [0.2, 0.25) is 11.8 Å². The molecule has 162 valence electrons. The average Bonchev–Trinajstić information content (AvgIpc) is 3.33. The SMILES string of the molecule is Cc1ccccc1N1CCN(C(=O)[C@@]2(c3ccccc3Cl)C[C@@H]3CCC(=O)N3C2)CC1. The number of piperazine rings is 1. The third-order valence-electron chi connectivity index (χ3n) is 7.30. The second-order valence-electron chi connectivity index (χ2n) is 9.05. The number of para-hydroxylation sites is 1. The maximum atomic E-state index is 14.0. The summed E-state index contributed by atoms with van der Waals surface area (Å²) < 4.78 is 0. The van der Waals surface area contributed by atoms with Gasteiger partial charge in [0.05, 0.1) is 5.41 Å². The zero-order valence-corrected chi connectivity index (χ0v) is 18.6. The lowest BCUT2D eigenvalue weighted by Gasteiger charge is -2.41. The molecule has 0 saturated carbocycles. The Labute approximate surface area is 188 Å². The molecule has 2 aromatic rings. The van der Waals surface area contributed by atoms with Gasteiger partial charge in [0, 0.05) is 55.9 Å². The molecule has 5 nitrogen and oxygen atoms in total. The molecule has 6 heteroatoms. The summed E-state index contributed by atoms with van der Waals surface area (Å²) in [6, 6.07) is 16.2. The van der Waals surface area contributed by atoms with Gasteiger partial charge in [-0.05, 0) is 43.0 Å². The maximum Gasteiger partial charge on any atom is 0.235 e. The number of amides is 2. The Morgan fingerprint density at radius 1 is 1.03 bits per heavy atom. The number of carbonyl (C=O) groups excluding carboxylic acids is 2. The van der Waals surface area contributed by atoms with Crippen LogP contribution in [-0.4, -0.2) is 60.4 Å². The highest BCUT2D eigenvalue weighted by molar-refractivity contribution is 6.31. The predicted octanol–water partition coefficient (Wildman–Crippen LogP) is 3.63. The summed E-state index contributed by atoms with van der Waals surface area (Å²) in [6.07, 6.45) is 2.09. The van der Waals surface area contributed by atoms with E-state index in [4.69, 9.17) is 11.6 Å². The van der Waals surface area contributed by atoms with Crippen molar-refractivity contribution in [2.24, 2.45) is 0 Å². The van der Waals surface area contributed by atoms with E-state index in [0.29, 0.717) is 37.5 Å². The standard InChI is InChI=1S/C25H28ClN3O2/c1-18-6-2-5-9-22(18)27-12-14-28(15-13-27)24(31)25(20-7-3-4-8-21(20)26)16-19-10-11-23(30)29(19)17-25/h2-9,19H,10-17H2,1H3/t19-,25-/m0/s1. The number of hydrogen-bond donors (Lipinski definition) is 0. The molecule has 2 aromatic carbocycles. The van der Waals surface area contributed by atoms with E-state index in [1.54, 1.807) is 0 Å². The molecule has 0 spiro atoms. The van der Waals surface area contributed by atoms with Gasteiger partial charge in [-0.2, -0.15) is 0 Å². The van der Waals surface area contributed by atoms with Crippen molar-refractivity contribution in [3.05, 3.63) is 64.7 Å². The molecule has 2 atom stereocenters. The van der Waals surface area contributed by atoms with Crippen LogP contribution in [-0.2, 0) is 15.0 Å². The molecule has 0 unspecified atom stereocenters. The molecule has 0 bridgehead atoms. The van der Waals surface area contributed by atoms with Crippen LogP contribution in [0.15, 0.2) is 48.5 Å². The fourth-order valence-electron chi connectivity index (χ4n) is 5.67. The number of nitrogens with zero attached hydrogens (tertiary/aromatic N) is 3. The van der Waals surface area contributed by atoms with Crippen LogP contribution in [0.4, 0.5) is 5.69 Å². The second kappa shape index (κ2) is 7.86. The summed E-state index contributed by atoms with van der Waals surface area (Å²) in [5, 5.41) is 0.614. The molecule has 0 N–H and O–H groups in total. The van der Waals surface area contributed by atoms with Crippen molar-refractivity contribution < 1.29 is 9.59 Å². The first-order valence-corrected chi connectivity index (χ1v) is 11.5. The van der Waals surface area contributed by atoms with Crippen LogP contribution in [0.25, 0.3) is 0 Å². The zero-order chi connectivity index (χ0) is 21.6. The monoisotopic (exact) mass is 437 g/mol. The quantitative estimate of drug-likeness (QED) is 0.736. The van der Waals surface area contributed by atoms with Crippen molar-refractivity contribution in [2.75, 3.05) is 37.6 Å². The fourth-order valence-corrected chi connectivity index (χ4v) is 5.98. The molecule has 2 amide bonds. The molecule has 3 fully saturated rings. The van der Waals surface area contributed by atoms with Crippen LogP contribution >= 0.6 is 11.6 Å². The van der Waals surface area contributed by atoms with E-state index >= 15 is 0 Å². The number of rotatable bonds is 3. The first kappa shape index (κ1) is 20.4. The van der Waals surface area contributed by atoms with Gasteiger partial charge < -0.3 is 14.7 Å². The number of halogens is 1. The van der Waals surface area contributed by atoms with Crippen LogP contribution in [0.5, 0.6) is 0 Å². The van der Waals surface area contributed by atoms with Crippen molar-refractivity contribution in [3.8, 4) is 0 Å². The van der Waals surface area contributed by atoms with Gasteiger partial charge in [-0.1, -0.05) is 48.0 Å². The lowest BCUT2D eigenvalue weighted by atomic mass is 9.76. The van der Waals surface area contributed by atoms with Crippen LogP contribution in [0.2, 0.25) is 5.02 Å². The molecule has 0 aromatic heterocycles. The summed E-state index contributed by atoms with van der Waals surface area (Å²) >= 11 is 6.61. The minimum absolute atomic E-state index is 0.118. The molecule has 3 heterocycles. The lowest BCUT2D eigenvalue weighted by molar-refractivity contribution is -0.138. The normalized spacial score (nSPS) is 25.8. The first-order valence-electron chi connectivity index (χ1n) is 11.1. The molecular formula is C25H28ClN3O2. The molecule has 3 aliphatic rings. The highest BCUT2D eigenvalue weighted by Gasteiger charge is 2.55. The zero-order valence-electron chi connectivity index (χ0n) is 17.9. The number of fused-ring (bicyclic) bond motifs is 1. The summed E-state index contributed by atoms with van der Waals surface area (Å²) in [5.41, 5.74) is 2.61. The van der Waals surface area contributed by atoms with E-state index in [-0.39, 0.29) is 17.9 Å². The Bertz CT molecular complexity index is 1020. The Hall–Kier alpha value is -2.53. The highest BCUT2D eigenvalue weighted by atomic mass is 35.5. The highest BCUT2D eigenvalue weighted by Crippen LogP contribution is 2.46. The molecule has 31 heavy (non-hydrogen) atoms. The predicted molar refractivity (Wildman–Crippen MR) is 122 cm³/mol. The summed E-state index contributed by atoms with van der Waals surface area (Å²) in [5.74, 6) is 0.281. The van der Waals surface area contributed by atoms with Crippen molar-refractivity contribution >= 4 is 29.1 Å². The van der Waals surface area contributed by atoms with E-state index in [1.165, 1.54) is 11.3 Å². The largest absolute Gasteiger partial charge is 0.368 e. The van der Waals surface area contributed by atoms with Gasteiger partial charge in [0.15, 0.2) is 0 Å². The molecule has 3 aliphatic heterocycles. The van der Waals surface area contributed by atoms with Crippen molar-refractivity contribution in [2.45, 2.75) is 37.6 Å². The van der Waals surface area contributed by atoms with Gasteiger partial charge in [0.25, 0.3) is 0 Å². The summed E-state index contributed by atoms with van der Waals surface area (Å²) in [6.45, 7) is 5.54. The van der Waals surface area contributed by atoms with Crippen LogP contribution < -0.4 is 4.90 Å². The van der Waals surface area contributed by atoms with E-state index < -0.39 is 5.41 Å². The molecule has 0 radical (unpaired) electrons. The third kappa shape index (κ3) is 3.39. The smallest absolute Gasteiger partial charge is 0.235 e. The Kier molecular flexibility index (Phi) is 5.17. The minimum Gasteiger partial charge on any atom is -0.368 e. The van der Waals surface area contributed by atoms with Gasteiger partial charge in [-0.3, -0.25) is 9.59 Å². The molecular weight excluding hydrogens is 410 g/mol. The van der Waals surface area contributed by atoms with Gasteiger partial charge in [-0.15, -0.1) is 0 Å². The van der Waals surface area contributed by atoms with Crippen LogP contribution in [0, 0.1) is 6.92 Å². The number of benzene rings is 2. The van der Waals surface area contributed by atoms with Gasteiger partial charge in [-0.25, -0.2) is 0 Å². The maximum absolute atomic E-state index is 14.0. The van der Waals surface area contributed by atoms with Crippen molar-refractivity contribution in [1.82, 2.24) is 9.80 Å². The van der Waals surface area contributed by atoms with Gasteiger partial charge >= 0.3 is 0 Å². The van der Waals surface area contributed by atoms with Crippen molar-refractivity contribution in [1.29, 1.82) is 0 Å². The fraction of sp³-hybridized carbons (Fsp3) is 0.440. The summed E-state index contributed by atoms with van der Waals surface area (Å²) in [4.78, 5) is 32.8. The van der Waals surface area contributed by atoms with Gasteiger partial charge in [0.1, 0.15) is 0 Å². The number of hydrogen-bond acceptors (Lipinski definition) is 3. The topological polar surface area (TPSA) is 43.9 Å². The second-order valence-corrected chi connectivity index (χ2v) is 9.45. The van der Waals surface area contributed by atoms with E-state index in [2.05, 4.69) is 36.1 Å². The third-order valence-corrected chi connectivity index (χ3v) is 7.63. The molecule has 0 aliphatic carbocycles. The summed E-state index contributed by atoms with van der Waals surface area (Å²) in [7, 11) is 0. The van der Waals surface area contributed by atoms with E-state index in [0.717, 1.165) is 25.1 Å². The lowest BCUT2D eigenvalue weighted by Crippen LogP contribution is -2.55. The average molecular weight is 438 g/mol. The van der Waals surface area contributed by atoms with Crippen LogP contribution in [0.3, 0.4) is 0 Å². The number of carbonyl (C=O) groups is 2. The van der Waals surface area contributed by atoms with Crippen molar-refractivity contribution in [3.63, 3.8) is 0 Å². The molecule has 5 rings (SSSR count). The van der Waals surface area contributed by atoms with E-state index in [1.807, 2.05) is 34.1 Å². The number of anilines is 1. The Morgan fingerprint density at radius 3 is 2.45 bits per heavy atom. The number of aryl methyl sites for hydroxylation is 1. The molecule has 3 saturated heterocycles. The first-order chi connectivity index (χ1) is 15.0. The Morgan fingerprint density at radius 2 is 1.74 bits per heavy atom. The minimum atomic E-state index is -0.746. The van der Waals surface area contributed by atoms with E-state index in [9.17, 15) is 9.59 Å².